The van der Waals surface area contributed by atoms with Crippen LogP contribution < -0.4 is 5.32 Å². The Bertz CT molecular complexity index is 449. The van der Waals surface area contributed by atoms with Gasteiger partial charge >= 0.3 is 5.97 Å². The Kier molecular flexibility index (Phi) is 2.04. The molecular formula is C13H15NO2. The number of carbonyl (C=O) groups excluding carboxylic acids is 1. The molecule has 1 fully saturated rings. The first-order valence-corrected chi connectivity index (χ1v) is 5.72. The normalized spacial score (nSPS) is 26.3. The smallest absolute Gasteiger partial charge is 0.337 e. The third-order valence-electron chi connectivity index (χ3n) is 3.88. The van der Waals surface area contributed by atoms with Gasteiger partial charge in [0, 0.05) is 5.54 Å². The topological polar surface area (TPSA) is 38.3 Å². The molecule has 1 saturated heterocycles. The van der Waals surface area contributed by atoms with Crippen molar-refractivity contribution in [2.45, 2.75) is 24.8 Å². The highest BCUT2D eigenvalue weighted by Gasteiger charge is 2.43. The minimum absolute atomic E-state index is 0.226. The fourth-order valence-electron chi connectivity index (χ4n) is 2.87. The molecule has 3 nitrogen and oxygen atoms in total. The van der Waals surface area contributed by atoms with Crippen LogP contribution in [0.15, 0.2) is 18.2 Å². The van der Waals surface area contributed by atoms with Gasteiger partial charge in [0.05, 0.1) is 12.7 Å². The monoisotopic (exact) mass is 217 g/mol. The van der Waals surface area contributed by atoms with Crippen LogP contribution >= 0.6 is 0 Å². The van der Waals surface area contributed by atoms with Crippen LogP contribution in [0.5, 0.6) is 0 Å². The molecule has 0 radical (unpaired) electrons. The van der Waals surface area contributed by atoms with Crippen molar-refractivity contribution in [2.24, 2.45) is 0 Å². The summed E-state index contributed by atoms with van der Waals surface area (Å²) in [5.41, 5.74) is 3.57. The van der Waals surface area contributed by atoms with E-state index in [0.29, 0.717) is 5.56 Å². The first-order chi connectivity index (χ1) is 7.75. The molecule has 1 N–H and O–H groups in total. The molecule has 16 heavy (non-hydrogen) atoms. The number of ether oxygens (including phenoxy) is 1. The molecule has 0 unspecified atom stereocenters. The number of methoxy groups -OCH3 is 1. The predicted molar refractivity (Wildman–Crippen MR) is 60.4 cm³/mol. The quantitative estimate of drug-likeness (QED) is 0.726. The lowest BCUT2D eigenvalue weighted by Gasteiger charge is -2.41. The summed E-state index contributed by atoms with van der Waals surface area (Å²) in [5, 5.41) is 3.52. The first kappa shape index (κ1) is 9.85. The van der Waals surface area contributed by atoms with Crippen LogP contribution in [0.4, 0.5) is 0 Å². The molecule has 1 aromatic rings. The number of esters is 1. The maximum Gasteiger partial charge on any atom is 0.337 e. The summed E-state index contributed by atoms with van der Waals surface area (Å²) >= 11 is 0. The molecule has 1 heterocycles. The van der Waals surface area contributed by atoms with E-state index in [9.17, 15) is 4.79 Å². The van der Waals surface area contributed by atoms with Crippen LogP contribution in [0.2, 0.25) is 0 Å². The number of nitrogens with one attached hydrogen (secondary N) is 1. The maximum absolute atomic E-state index is 11.4. The zero-order valence-corrected chi connectivity index (χ0v) is 9.38. The second-order valence-electron chi connectivity index (χ2n) is 4.62. The molecule has 84 valence electrons. The third kappa shape index (κ3) is 1.21. The van der Waals surface area contributed by atoms with Gasteiger partial charge in [-0.05, 0) is 49.1 Å². The molecule has 1 aliphatic heterocycles. The second-order valence-corrected chi connectivity index (χ2v) is 4.62. The zero-order valence-electron chi connectivity index (χ0n) is 9.38. The number of hydrogen-bond donors (Lipinski definition) is 1. The van der Waals surface area contributed by atoms with E-state index in [-0.39, 0.29) is 11.5 Å². The van der Waals surface area contributed by atoms with Gasteiger partial charge in [0.15, 0.2) is 0 Å². The fourth-order valence-corrected chi connectivity index (χ4v) is 2.87. The molecule has 0 amide bonds. The van der Waals surface area contributed by atoms with E-state index in [1.54, 1.807) is 0 Å². The number of fused-ring (bicyclic) bond motifs is 2. The summed E-state index contributed by atoms with van der Waals surface area (Å²) in [6.45, 7) is 1.11. The summed E-state index contributed by atoms with van der Waals surface area (Å²) in [5.74, 6) is -0.245. The summed E-state index contributed by atoms with van der Waals surface area (Å²) in [7, 11) is 1.42. The summed E-state index contributed by atoms with van der Waals surface area (Å²) in [4.78, 5) is 11.4. The van der Waals surface area contributed by atoms with E-state index < -0.39 is 0 Å². The number of benzene rings is 1. The number of rotatable bonds is 1. The Morgan fingerprint density at radius 3 is 2.88 bits per heavy atom. The second kappa shape index (κ2) is 3.32. The largest absolute Gasteiger partial charge is 0.465 e. The van der Waals surface area contributed by atoms with Crippen LogP contribution in [0.3, 0.4) is 0 Å². The van der Waals surface area contributed by atoms with Crippen molar-refractivity contribution in [1.29, 1.82) is 0 Å². The molecule has 0 saturated carbocycles. The van der Waals surface area contributed by atoms with Gasteiger partial charge in [-0.25, -0.2) is 4.79 Å². The van der Waals surface area contributed by atoms with Gasteiger partial charge < -0.3 is 10.1 Å². The standard InChI is InChI=1S/C13H15NO2/c1-16-12(15)10-2-3-11-9(8-10)4-5-13(11)6-7-14-13/h2-3,8,14H,4-7H2,1H3/t13-/m0/s1. The lowest BCUT2D eigenvalue weighted by atomic mass is 9.82. The molecule has 1 aliphatic carbocycles. The van der Waals surface area contributed by atoms with Gasteiger partial charge in [-0.3, -0.25) is 0 Å². The van der Waals surface area contributed by atoms with E-state index >= 15 is 0 Å². The Morgan fingerprint density at radius 2 is 2.25 bits per heavy atom. The number of hydrogen-bond acceptors (Lipinski definition) is 3. The number of carbonyl (C=O) groups is 1. The van der Waals surface area contributed by atoms with Crippen LogP contribution in [-0.2, 0) is 16.7 Å². The van der Waals surface area contributed by atoms with Crippen molar-refractivity contribution < 1.29 is 9.53 Å². The minimum Gasteiger partial charge on any atom is -0.465 e. The Labute approximate surface area is 94.8 Å². The Hall–Kier alpha value is -1.35. The van der Waals surface area contributed by atoms with Crippen LogP contribution in [0, 0.1) is 0 Å². The van der Waals surface area contributed by atoms with Crippen molar-refractivity contribution in [2.75, 3.05) is 13.7 Å². The molecule has 0 aromatic heterocycles. The number of aryl methyl sites for hydroxylation is 1. The van der Waals surface area contributed by atoms with Crippen molar-refractivity contribution in [1.82, 2.24) is 5.32 Å². The third-order valence-corrected chi connectivity index (χ3v) is 3.88. The average Bonchev–Trinajstić information content (AvgIpc) is 2.66. The van der Waals surface area contributed by atoms with Gasteiger partial charge in [0.25, 0.3) is 0 Å². The van der Waals surface area contributed by atoms with Gasteiger partial charge in [-0.2, -0.15) is 0 Å². The maximum atomic E-state index is 11.4. The fraction of sp³-hybridized carbons (Fsp3) is 0.462. The van der Waals surface area contributed by atoms with E-state index in [1.807, 2.05) is 12.1 Å². The van der Waals surface area contributed by atoms with E-state index in [2.05, 4.69) is 11.4 Å². The van der Waals surface area contributed by atoms with E-state index in [0.717, 1.165) is 19.4 Å². The highest BCUT2D eigenvalue weighted by molar-refractivity contribution is 5.89. The Balaban J connectivity index is 1.99. The molecule has 2 aliphatic rings. The molecule has 3 rings (SSSR count). The lowest BCUT2D eigenvalue weighted by Crippen LogP contribution is -2.52. The van der Waals surface area contributed by atoms with E-state index in [1.165, 1.54) is 24.7 Å². The van der Waals surface area contributed by atoms with Crippen molar-refractivity contribution in [3.63, 3.8) is 0 Å². The summed E-state index contributed by atoms with van der Waals surface area (Å²) in [6.07, 6.45) is 3.44. The highest BCUT2D eigenvalue weighted by Crippen LogP contribution is 2.43. The molecule has 0 bridgehead atoms. The SMILES string of the molecule is COC(=O)c1ccc2c(c1)CC[C@]21CCN1. The highest BCUT2D eigenvalue weighted by atomic mass is 16.5. The summed E-state index contributed by atoms with van der Waals surface area (Å²) in [6, 6.07) is 5.94. The molecule has 3 heteroatoms. The Morgan fingerprint density at radius 1 is 1.44 bits per heavy atom. The van der Waals surface area contributed by atoms with Crippen LogP contribution in [0.1, 0.15) is 34.3 Å². The lowest BCUT2D eigenvalue weighted by molar-refractivity contribution is 0.0600. The van der Waals surface area contributed by atoms with Crippen molar-refractivity contribution >= 4 is 5.97 Å². The minimum atomic E-state index is -0.245. The van der Waals surface area contributed by atoms with Crippen molar-refractivity contribution in [3.8, 4) is 0 Å². The predicted octanol–water partition coefficient (Wildman–Crippen LogP) is 1.61. The summed E-state index contributed by atoms with van der Waals surface area (Å²) < 4.78 is 4.73. The van der Waals surface area contributed by atoms with Crippen molar-refractivity contribution in [3.05, 3.63) is 34.9 Å². The van der Waals surface area contributed by atoms with E-state index in [4.69, 9.17) is 4.74 Å². The van der Waals surface area contributed by atoms with Gasteiger partial charge in [0.1, 0.15) is 0 Å². The van der Waals surface area contributed by atoms with Gasteiger partial charge in [-0.1, -0.05) is 6.07 Å². The zero-order chi connectivity index (χ0) is 11.2. The van der Waals surface area contributed by atoms with Crippen LogP contribution in [-0.4, -0.2) is 19.6 Å². The van der Waals surface area contributed by atoms with Gasteiger partial charge in [-0.15, -0.1) is 0 Å². The van der Waals surface area contributed by atoms with Crippen LogP contribution in [0.25, 0.3) is 0 Å². The average molecular weight is 217 g/mol. The first-order valence-electron chi connectivity index (χ1n) is 5.72. The van der Waals surface area contributed by atoms with Gasteiger partial charge in [0.2, 0.25) is 0 Å². The molecule has 1 spiro atoms. The molecular weight excluding hydrogens is 202 g/mol. The molecule has 1 aromatic carbocycles. The molecule has 1 atom stereocenters.